The molecular formula is C7H14N2O. The molecule has 0 spiro atoms. The minimum Gasteiger partial charge on any atom is -0.497 e. The lowest BCUT2D eigenvalue weighted by Crippen LogP contribution is -2.07. The monoisotopic (exact) mass is 142 g/mol. The van der Waals surface area contributed by atoms with E-state index in [1.165, 1.54) is 6.21 Å². The van der Waals surface area contributed by atoms with Crippen molar-refractivity contribution in [1.82, 2.24) is 0 Å². The molecule has 0 rings (SSSR count). The van der Waals surface area contributed by atoms with Crippen molar-refractivity contribution in [2.24, 2.45) is 5.73 Å². The molecule has 0 amide bonds. The number of ether oxygens (including phenoxy) is 1. The molecule has 0 bridgehead atoms. The fraction of sp³-hybridized carbons (Fsp3) is 0.571. The van der Waals surface area contributed by atoms with Crippen LogP contribution in [0, 0.1) is 5.41 Å². The van der Waals surface area contributed by atoms with Gasteiger partial charge in [-0.3, -0.25) is 0 Å². The lowest BCUT2D eigenvalue weighted by Gasteiger charge is -2.04. The van der Waals surface area contributed by atoms with E-state index in [0.717, 1.165) is 12.2 Å². The van der Waals surface area contributed by atoms with Crippen molar-refractivity contribution in [1.29, 1.82) is 5.41 Å². The Balaban J connectivity index is 3.59. The minimum absolute atomic E-state index is 0.523. The van der Waals surface area contributed by atoms with Crippen LogP contribution in [0.4, 0.5) is 0 Å². The summed E-state index contributed by atoms with van der Waals surface area (Å²) in [5, 5.41) is 6.76. The van der Waals surface area contributed by atoms with Gasteiger partial charge in [-0.15, -0.1) is 0 Å². The Labute approximate surface area is 61.4 Å². The average Bonchev–Trinajstić information content (AvgIpc) is 1.98. The third-order valence-electron chi connectivity index (χ3n) is 1.02. The van der Waals surface area contributed by atoms with E-state index < -0.39 is 0 Å². The summed E-state index contributed by atoms with van der Waals surface area (Å²) >= 11 is 0. The van der Waals surface area contributed by atoms with Crippen molar-refractivity contribution in [2.45, 2.75) is 13.3 Å². The first-order valence-electron chi connectivity index (χ1n) is 3.37. The predicted octanol–water partition coefficient (Wildman–Crippen LogP) is 0.905. The molecule has 0 unspecified atom stereocenters. The van der Waals surface area contributed by atoms with E-state index in [-0.39, 0.29) is 0 Å². The smallest absolute Gasteiger partial charge is 0.0999 e. The van der Waals surface area contributed by atoms with E-state index in [9.17, 15) is 0 Å². The van der Waals surface area contributed by atoms with Gasteiger partial charge in [-0.25, -0.2) is 0 Å². The van der Waals surface area contributed by atoms with Gasteiger partial charge < -0.3 is 15.9 Å². The molecule has 0 aliphatic rings. The van der Waals surface area contributed by atoms with Crippen LogP contribution in [-0.2, 0) is 4.74 Å². The summed E-state index contributed by atoms with van der Waals surface area (Å²) in [7, 11) is 0. The highest BCUT2D eigenvalue weighted by atomic mass is 16.5. The molecule has 0 aliphatic carbocycles. The van der Waals surface area contributed by atoms with Crippen molar-refractivity contribution < 1.29 is 4.74 Å². The second-order valence-electron chi connectivity index (χ2n) is 1.79. The molecule has 0 aliphatic heterocycles. The highest BCUT2D eigenvalue weighted by Crippen LogP contribution is 1.99. The van der Waals surface area contributed by atoms with Crippen LogP contribution in [0.5, 0.6) is 0 Å². The summed E-state index contributed by atoms with van der Waals surface area (Å²) < 4.78 is 5.17. The molecule has 0 aromatic heterocycles. The normalized spacial score (nSPS) is 11.2. The van der Waals surface area contributed by atoms with Gasteiger partial charge in [0.05, 0.1) is 12.4 Å². The first-order valence-corrected chi connectivity index (χ1v) is 3.37. The summed E-state index contributed by atoms with van der Waals surface area (Å²) in [5.74, 6) is 0.820. The van der Waals surface area contributed by atoms with Gasteiger partial charge in [0, 0.05) is 19.2 Å². The molecule has 3 heteroatoms. The van der Waals surface area contributed by atoms with Crippen LogP contribution >= 0.6 is 0 Å². The van der Waals surface area contributed by atoms with Crippen LogP contribution in [0.25, 0.3) is 0 Å². The summed E-state index contributed by atoms with van der Waals surface area (Å²) in [5.41, 5.74) is 5.22. The third-order valence-corrected chi connectivity index (χ3v) is 1.02. The van der Waals surface area contributed by atoms with Crippen LogP contribution in [-0.4, -0.2) is 19.4 Å². The van der Waals surface area contributed by atoms with Gasteiger partial charge in [0.25, 0.3) is 0 Å². The topological polar surface area (TPSA) is 59.1 Å². The molecule has 58 valence electrons. The minimum atomic E-state index is 0.523. The van der Waals surface area contributed by atoms with Gasteiger partial charge in [0.1, 0.15) is 0 Å². The maximum absolute atomic E-state index is 6.76. The Hall–Kier alpha value is -0.830. The Morgan fingerprint density at radius 1 is 1.70 bits per heavy atom. The second kappa shape index (κ2) is 6.29. The number of allylic oxidation sites excluding steroid dienone is 2. The molecule has 0 atom stereocenters. The van der Waals surface area contributed by atoms with Crippen molar-refractivity contribution in [3.05, 3.63) is 11.8 Å². The van der Waals surface area contributed by atoms with Gasteiger partial charge in [-0.1, -0.05) is 6.92 Å². The van der Waals surface area contributed by atoms with Crippen molar-refractivity contribution in [3.63, 3.8) is 0 Å². The summed E-state index contributed by atoms with van der Waals surface area (Å²) in [6.45, 7) is 3.04. The molecule has 0 radical (unpaired) electrons. The number of rotatable bonds is 5. The Bertz CT molecular complexity index is 121. The molecule has 0 fully saturated rings. The maximum Gasteiger partial charge on any atom is 0.0999 e. The quantitative estimate of drug-likeness (QED) is 0.442. The largest absolute Gasteiger partial charge is 0.497 e. The van der Waals surface area contributed by atoms with E-state index in [4.69, 9.17) is 15.9 Å². The Kier molecular flexibility index (Phi) is 5.77. The van der Waals surface area contributed by atoms with Gasteiger partial charge in [-0.2, -0.15) is 0 Å². The lowest BCUT2D eigenvalue weighted by molar-refractivity contribution is 0.214. The van der Waals surface area contributed by atoms with Gasteiger partial charge >= 0.3 is 0 Å². The molecule has 0 heterocycles. The molecule has 10 heavy (non-hydrogen) atoms. The van der Waals surface area contributed by atoms with Crippen LogP contribution in [0.1, 0.15) is 13.3 Å². The molecule has 0 aromatic rings. The molecule has 0 saturated heterocycles. The zero-order valence-corrected chi connectivity index (χ0v) is 6.26. The maximum atomic E-state index is 6.76. The Morgan fingerprint density at radius 3 is 2.80 bits per heavy atom. The number of hydrogen-bond donors (Lipinski definition) is 2. The highest BCUT2D eigenvalue weighted by Gasteiger charge is 1.90. The second-order valence-corrected chi connectivity index (χ2v) is 1.79. The number of nitrogens with two attached hydrogens (primary N) is 1. The van der Waals surface area contributed by atoms with Crippen molar-refractivity contribution >= 4 is 6.21 Å². The van der Waals surface area contributed by atoms with E-state index >= 15 is 0 Å². The van der Waals surface area contributed by atoms with Crippen LogP contribution in [0.2, 0.25) is 0 Å². The molecule has 0 saturated carbocycles. The summed E-state index contributed by atoms with van der Waals surface area (Å²) in [6.07, 6.45) is 3.67. The highest BCUT2D eigenvalue weighted by molar-refractivity contribution is 5.68. The fourth-order valence-electron chi connectivity index (χ4n) is 0.551. The molecule has 3 N–H and O–H groups in total. The van der Waals surface area contributed by atoms with Crippen LogP contribution in [0.15, 0.2) is 11.8 Å². The van der Waals surface area contributed by atoms with Crippen molar-refractivity contribution in [3.8, 4) is 0 Å². The van der Waals surface area contributed by atoms with Crippen LogP contribution < -0.4 is 5.73 Å². The summed E-state index contributed by atoms with van der Waals surface area (Å²) in [6, 6.07) is 0. The van der Waals surface area contributed by atoms with E-state index in [2.05, 4.69) is 0 Å². The zero-order chi connectivity index (χ0) is 7.82. The first kappa shape index (κ1) is 9.17. The van der Waals surface area contributed by atoms with Gasteiger partial charge in [-0.05, 0) is 6.08 Å². The SMILES string of the molecule is CC/C(=C\C=N)OCCN. The molecule has 3 nitrogen and oxygen atoms in total. The number of nitrogens with one attached hydrogen (secondary N) is 1. The first-order chi connectivity index (χ1) is 4.85. The summed E-state index contributed by atoms with van der Waals surface area (Å²) in [4.78, 5) is 0. The van der Waals surface area contributed by atoms with E-state index in [1.807, 2.05) is 6.92 Å². The number of hydrogen-bond acceptors (Lipinski definition) is 3. The predicted molar refractivity (Wildman–Crippen MR) is 42.2 cm³/mol. The third kappa shape index (κ3) is 4.09. The molecule has 0 aromatic carbocycles. The Morgan fingerprint density at radius 2 is 2.40 bits per heavy atom. The van der Waals surface area contributed by atoms with Crippen LogP contribution in [0.3, 0.4) is 0 Å². The van der Waals surface area contributed by atoms with E-state index in [1.54, 1.807) is 6.08 Å². The zero-order valence-electron chi connectivity index (χ0n) is 6.26. The lowest BCUT2D eigenvalue weighted by atomic mass is 10.4. The van der Waals surface area contributed by atoms with Crippen molar-refractivity contribution in [2.75, 3.05) is 13.2 Å². The standard InChI is InChI=1S/C7H14N2O/c1-2-7(3-4-8)10-6-5-9/h3-4,8H,2,5-6,9H2,1H3/b7-3+,8-4?. The molecular weight excluding hydrogens is 128 g/mol. The van der Waals surface area contributed by atoms with E-state index in [0.29, 0.717) is 13.2 Å². The fourth-order valence-corrected chi connectivity index (χ4v) is 0.551. The van der Waals surface area contributed by atoms with Gasteiger partial charge in [0.2, 0.25) is 0 Å². The van der Waals surface area contributed by atoms with Gasteiger partial charge in [0.15, 0.2) is 0 Å². The average molecular weight is 142 g/mol.